The zero-order chi connectivity index (χ0) is 24.0. The van der Waals surface area contributed by atoms with E-state index in [9.17, 15) is 14.4 Å². The zero-order valence-corrected chi connectivity index (χ0v) is 19.5. The van der Waals surface area contributed by atoms with E-state index in [-0.39, 0.29) is 22.0 Å². The van der Waals surface area contributed by atoms with Crippen molar-refractivity contribution in [2.45, 2.75) is 13.8 Å². The van der Waals surface area contributed by atoms with Crippen LogP contribution < -0.4 is 20.1 Å². The highest BCUT2D eigenvalue weighted by Gasteiger charge is 2.26. The summed E-state index contributed by atoms with van der Waals surface area (Å²) in [6.45, 7) is 3.24. The van der Waals surface area contributed by atoms with Crippen LogP contribution in [0.4, 0.5) is 10.7 Å². The number of amides is 2. The number of ether oxygens (including phenoxy) is 3. The van der Waals surface area contributed by atoms with Gasteiger partial charge in [-0.15, -0.1) is 11.3 Å². The fraction of sp³-hybridized carbons (Fsp3) is 0.208. The lowest BCUT2D eigenvalue weighted by Crippen LogP contribution is -2.21. The Morgan fingerprint density at radius 3 is 2.42 bits per heavy atom. The Bertz CT molecular complexity index is 1190. The molecule has 172 valence electrons. The number of nitrogens with one attached hydrogen (secondary N) is 2. The van der Waals surface area contributed by atoms with Gasteiger partial charge in [0.2, 0.25) is 0 Å². The molecule has 2 aromatic carbocycles. The molecule has 2 amide bonds. The Labute approximate surface area is 195 Å². The first-order valence-corrected chi connectivity index (χ1v) is 10.8. The van der Waals surface area contributed by atoms with Crippen molar-refractivity contribution in [2.75, 3.05) is 31.5 Å². The average molecular weight is 469 g/mol. The molecular weight excluding hydrogens is 444 g/mol. The standard InChI is InChI=1S/C24H24N2O6S/c1-14-8-5-6-11-18(14)32-13-19(27)26-23-20(24(29)31-4)15(2)21(33-23)22(28)25-16-9-7-10-17(12-16)30-3/h5-12H,13H2,1-4H3,(H,25,28)(H,26,27). The highest BCUT2D eigenvalue weighted by atomic mass is 32.1. The van der Waals surface area contributed by atoms with Gasteiger partial charge in [-0.05, 0) is 43.2 Å². The van der Waals surface area contributed by atoms with E-state index < -0.39 is 17.8 Å². The lowest BCUT2D eigenvalue weighted by Gasteiger charge is -2.09. The maximum Gasteiger partial charge on any atom is 0.341 e. The molecule has 0 atom stereocenters. The van der Waals surface area contributed by atoms with Crippen LogP contribution in [0.3, 0.4) is 0 Å². The number of carbonyl (C=O) groups is 3. The number of hydrogen-bond acceptors (Lipinski definition) is 7. The van der Waals surface area contributed by atoms with Gasteiger partial charge in [-0.1, -0.05) is 24.3 Å². The van der Waals surface area contributed by atoms with Gasteiger partial charge in [0.15, 0.2) is 6.61 Å². The molecule has 0 saturated carbocycles. The van der Waals surface area contributed by atoms with E-state index in [1.165, 1.54) is 14.2 Å². The first kappa shape index (κ1) is 23.8. The van der Waals surface area contributed by atoms with E-state index in [1.54, 1.807) is 37.3 Å². The summed E-state index contributed by atoms with van der Waals surface area (Å²) in [5.74, 6) is -0.370. The number of thiophene rings is 1. The van der Waals surface area contributed by atoms with E-state index in [4.69, 9.17) is 14.2 Å². The summed E-state index contributed by atoms with van der Waals surface area (Å²) in [6.07, 6.45) is 0. The lowest BCUT2D eigenvalue weighted by molar-refractivity contribution is -0.118. The highest BCUT2D eigenvalue weighted by molar-refractivity contribution is 7.18. The Balaban J connectivity index is 1.80. The maximum atomic E-state index is 12.9. The van der Waals surface area contributed by atoms with Crippen molar-refractivity contribution in [3.8, 4) is 11.5 Å². The Hall–Kier alpha value is -3.85. The van der Waals surface area contributed by atoms with Crippen LogP contribution in [0.5, 0.6) is 11.5 Å². The summed E-state index contributed by atoms with van der Waals surface area (Å²) in [6, 6.07) is 14.2. The summed E-state index contributed by atoms with van der Waals surface area (Å²) in [5, 5.41) is 5.66. The van der Waals surface area contributed by atoms with Crippen molar-refractivity contribution < 1.29 is 28.6 Å². The second-order valence-electron chi connectivity index (χ2n) is 7.04. The fourth-order valence-electron chi connectivity index (χ4n) is 3.08. The van der Waals surface area contributed by atoms with Crippen LogP contribution in [-0.2, 0) is 9.53 Å². The third-order valence-electron chi connectivity index (χ3n) is 4.78. The smallest absolute Gasteiger partial charge is 0.341 e. The molecule has 1 heterocycles. The highest BCUT2D eigenvalue weighted by Crippen LogP contribution is 2.34. The van der Waals surface area contributed by atoms with Gasteiger partial charge in [0, 0.05) is 11.8 Å². The van der Waals surface area contributed by atoms with Crippen LogP contribution in [0.2, 0.25) is 0 Å². The molecule has 0 fully saturated rings. The number of anilines is 2. The molecule has 8 nitrogen and oxygen atoms in total. The molecule has 0 radical (unpaired) electrons. The third-order valence-corrected chi connectivity index (χ3v) is 5.98. The van der Waals surface area contributed by atoms with Crippen molar-refractivity contribution in [2.24, 2.45) is 0 Å². The minimum Gasteiger partial charge on any atom is -0.497 e. The number of aryl methyl sites for hydroxylation is 1. The number of methoxy groups -OCH3 is 2. The van der Waals surface area contributed by atoms with Crippen LogP contribution in [0, 0.1) is 13.8 Å². The Kier molecular flexibility index (Phi) is 7.68. The number of hydrogen-bond donors (Lipinski definition) is 2. The largest absolute Gasteiger partial charge is 0.497 e. The SMILES string of the molecule is COC(=O)c1c(NC(=O)COc2ccccc2C)sc(C(=O)Nc2cccc(OC)c2)c1C. The number of rotatable bonds is 8. The molecular formula is C24H24N2O6S. The molecule has 0 aliphatic heterocycles. The van der Waals surface area contributed by atoms with Crippen molar-refractivity contribution in [3.63, 3.8) is 0 Å². The van der Waals surface area contributed by atoms with Crippen molar-refractivity contribution in [1.29, 1.82) is 0 Å². The molecule has 0 spiro atoms. The number of benzene rings is 2. The molecule has 2 N–H and O–H groups in total. The molecule has 0 saturated heterocycles. The molecule has 9 heteroatoms. The van der Waals surface area contributed by atoms with Gasteiger partial charge in [-0.25, -0.2) is 4.79 Å². The molecule has 1 aromatic heterocycles. The van der Waals surface area contributed by atoms with Crippen LogP contribution in [0.1, 0.15) is 31.2 Å². The zero-order valence-electron chi connectivity index (χ0n) is 18.7. The van der Waals surface area contributed by atoms with Crippen LogP contribution in [0.25, 0.3) is 0 Å². The summed E-state index contributed by atoms with van der Waals surface area (Å²) in [7, 11) is 2.77. The quantitative estimate of drug-likeness (QED) is 0.474. The van der Waals surface area contributed by atoms with E-state index in [2.05, 4.69) is 10.6 Å². The Morgan fingerprint density at radius 2 is 1.73 bits per heavy atom. The van der Waals surface area contributed by atoms with Crippen molar-refractivity contribution >= 4 is 39.8 Å². The first-order valence-electron chi connectivity index (χ1n) is 9.99. The summed E-state index contributed by atoms with van der Waals surface area (Å²) >= 11 is 0.989. The van der Waals surface area contributed by atoms with Crippen LogP contribution in [0.15, 0.2) is 48.5 Å². The predicted octanol–water partition coefficient (Wildman–Crippen LogP) is 4.43. The monoisotopic (exact) mass is 468 g/mol. The van der Waals surface area contributed by atoms with Gasteiger partial charge in [0.1, 0.15) is 16.5 Å². The minimum absolute atomic E-state index is 0.127. The van der Waals surface area contributed by atoms with Crippen LogP contribution >= 0.6 is 11.3 Å². The van der Waals surface area contributed by atoms with E-state index >= 15 is 0 Å². The average Bonchev–Trinajstić information content (AvgIpc) is 3.13. The minimum atomic E-state index is -0.653. The second-order valence-corrected chi connectivity index (χ2v) is 8.06. The molecule has 0 unspecified atom stereocenters. The van der Waals surface area contributed by atoms with Gasteiger partial charge in [0.05, 0.1) is 24.7 Å². The number of para-hydroxylation sites is 1. The number of carbonyl (C=O) groups excluding carboxylic acids is 3. The van der Waals surface area contributed by atoms with Gasteiger partial charge < -0.3 is 24.8 Å². The first-order chi connectivity index (χ1) is 15.8. The summed E-state index contributed by atoms with van der Waals surface area (Å²) in [4.78, 5) is 38.1. The van der Waals surface area contributed by atoms with Gasteiger partial charge in [0.25, 0.3) is 11.8 Å². The maximum absolute atomic E-state index is 12.9. The van der Waals surface area contributed by atoms with Crippen molar-refractivity contribution in [3.05, 3.63) is 70.1 Å². The van der Waals surface area contributed by atoms with Gasteiger partial charge >= 0.3 is 5.97 Å². The summed E-state index contributed by atoms with van der Waals surface area (Å²) in [5.41, 5.74) is 1.96. The van der Waals surface area contributed by atoms with Gasteiger partial charge in [-0.2, -0.15) is 0 Å². The lowest BCUT2D eigenvalue weighted by atomic mass is 10.1. The second kappa shape index (κ2) is 10.6. The molecule has 33 heavy (non-hydrogen) atoms. The van der Waals surface area contributed by atoms with E-state index in [0.29, 0.717) is 22.7 Å². The predicted molar refractivity (Wildman–Crippen MR) is 127 cm³/mol. The normalized spacial score (nSPS) is 10.3. The molecule has 0 aliphatic carbocycles. The van der Waals surface area contributed by atoms with E-state index in [0.717, 1.165) is 16.9 Å². The molecule has 0 aliphatic rings. The molecule has 0 bridgehead atoms. The topological polar surface area (TPSA) is 103 Å². The van der Waals surface area contributed by atoms with Gasteiger partial charge in [-0.3, -0.25) is 9.59 Å². The van der Waals surface area contributed by atoms with Crippen molar-refractivity contribution in [1.82, 2.24) is 0 Å². The van der Waals surface area contributed by atoms with E-state index in [1.807, 2.05) is 25.1 Å². The van der Waals surface area contributed by atoms with Crippen LogP contribution in [-0.4, -0.2) is 38.6 Å². The fourth-order valence-corrected chi connectivity index (χ4v) is 4.19. The third kappa shape index (κ3) is 5.69. The Morgan fingerprint density at radius 1 is 0.970 bits per heavy atom. The summed E-state index contributed by atoms with van der Waals surface area (Å²) < 4.78 is 15.6. The molecule has 3 rings (SSSR count). The number of esters is 1. The molecule has 3 aromatic rings.